The number of hydrogen-bond acceptors (Lipinski definition) is 3. The second-order valence-electron chi connectivity index (χ2n) is 8.08. The number of benzene rings is 2. The fourth-order valence-corrected chi connectivity index (χ4v) is 5.52. The number of fused-ring (bicyclic) bond motifs is 4. The Hall–Kier alpha value is -2.70. The van der Waals surface area contributed by atoms with Gasteiger partial charge >= 0.3 is 0 Å². The molecule has 2 aromatic carbocycles. The molecule has 2 aromatic rings. The number of rotatable bonds is 3. The van der Waals surface area contributed by atoms with Crippen LogP contribution in [0.4, 0.5) is 5.69 Å². The number of quaternary nitrogens is 1. The standard InChI is InChI=1S/C22H20ClN3O3/c1-12-16-17(20(28)26(19(16)27)11-10-13-6-3-2-4-7-13)22(25-12)14-8-5-9-15(23)18(14)24-21(22)29/h2-9,12,16-17,25H,10-11H2,1H3,(H,24,29)/p+1/t12-,16-,17+,22+/m1/s1. The summed E-state index contributed by atoms with van der Waals surface area (Å²) in [4.78, 5) is 41.1. The van der Waals surface area contributed by atoms with Crippen molar-refractivity contribution in [3.8, 4) is 0 Å². The summed E-state index contributed by atoms with van der Waals surface area (Å²) < 4.78 is 0. The topological polar surface area (TPSA) is 83.1 Å². The highest BCUT2D eigenvalue weighted by atomic mass is 35.5. The summed E-state index contributed by atoms with van der Waals surface area (Å²) in [7, 11) is 0. The molecular weight excluding hydrogens is 390 g/mol. The first-order valence-electron chi connectivity index (χ1n) is 9.81. The van der Waals surface area contributed by atoms with Crippen LogP contribution in [0, 0.1) is 11.8 Å². The van der Waals surface area contributed by atoms with Gasteiger partial charge in [0.2, 0.25) is 17.4 Å². The molecule has 0 aromatic heterocycles. The summed E-state index contributed by atoms with van der Waals surface area (Å²) in [6.45, 7) is 2.23. The molecule has 0 bridgehead atoms. The number of nitrogens with one attached hydrogen (secondary N) is 1. The summed E-state index contributed by atoms with van der Waals surface area (Å²) in [5, 5.41) is 5.17. The molecule has 5 rings (SSSR count). The third-order valence-corrected chi connectivity index (χ3v) is 6.88. The van der Waals surface area contributed by atoms with E-state index in [4.69, 9.17) is 11.6 Å². The van der Waals surface area contributed by atoms with E-state index in [0.717, 1.165) is 5.56 Å². The second kappa shape index (κ2) is 6.40. The number of hydrogen-bond donors (Lipinski definition) is 2. The fraction of sp³-hybridized carbons (Fsp3) is 0.318. The summed E-state index contributed by atoms with van der Waals surface area (Å²) in [5.41, 5.74) is 1.17. The number of nitrogens with two attached hydrogens (primary N) is 1. The van der Waals surface area contributed by atoms with E-state index >= 15 is 0 Å². The van der Waals surface area contributed by atoms with Gasteiger partial charge in [-0.3, -0.25) is 19.3 Å². The zero-order valence-electron chi connectivity index (χ0n) is 15.9. The minimum absolute atomic E-state index is 0.181. The molecule has 2 fully saturated rings. The Morgan fingerprint density at radius 3 is 2.59 bits per heavy atom. The van der Waals surface area contributed by atoms with Crippen molar-refractivity contribution in [2.45, 2.75) is 24.9 Å². The summed E-state index contributed by atoms with van der Waals surface area (Å²) >= 11 is 6.30. The Kier molecular flexibility index (Phi) is 4.05. The molecule has 0 saturated carbocycles. The molecule has 148 valence electrons. The van der Waals surface area contributed by atoms with Crippen LogP contribution in [-0.4, -0.2) is 35.2 Å². The quantitative estimate of drug-likeness (QED) is 0.748. The molecule has 7 heteroatoms. The van der Waals surface area contributed by atoms with Gasteiger partial charge in [-0.2, -0.15) is 0 Å². The Morgan fingerprint density at radius 2 is 1.83 bits per heavy atom. The Balaban J connectivity index is 1.52. The van der Waals surface area contributed by atoms with Crippen molar-refractivity contribution in [1.82, 2.24) is 4.90 Å². The first kappa shape index (κ1) is 18.3. The van der Waals surface area contributed by atoms with Gasteiger partial charge in [-0.25, -0.2) is 0 Å². The molecular formula is C22H21ClN3O3+. The highest BCUT2D eigenvalue weighted by molar-refractivity contribution is 6.35. The Labute approximate surface area is 173 Å². The first-order chi connectivity index (χ1) is 13.9. The molecule has 6 nitrogen and oxygen atoms in total. The average Bonchev–Trinajstić information content (AvgIpc) is 3.27. The highest BCUT2D eigenvalue weighted by Crippen LogP contribution is 2.50. The molecule has 0 unspecified atom stereocenters. The number of carbonyl (C=O) groups excluding carboxylic acids is 3. The molecule has 0 radical (unpaired) electrons. The summed E-state index contributed by atoms with van der Waals surface area (Å²) in [6, 6.07) is 14.9. The predicted molar refractivity (Wildman–Crippen MR) is 107 cm³/mol. The van der Waals surface area contributed by atoms with Crippen molar-refractivity contribution >= 4 is 35.0 Å². The van der Waals surface area contributed by atoms with Crippen LogP contribution in [0.15, 0.2) is 48.5 Å². The molecule has 0 aliphatic carbocycles. The lowest BCUT2D eigenvalue weighted by atomic mass is 9.76. The molecule has 3 aliphatic rings. The largest absolute Gasteiger partial charge is 0.326 e. The highest BCUT2D eigenvalue weighted by Gasteiger charge is 2.73. The second-order valence-corrected chi connectivity index (χ2v) is 8.49. The molecule has 1 spiro atoms. The zero-order chi connectivity index (χ0) is 20.3. The smallest absolute Gasteiger partial charge is 0.291 e. The molecule has 4 atom stereocenters. The Bertz CT molecular complexity index is 1040. The zero-order valence-corrected chi connectivity index (χ0v) is 16.6. The van der Waals surface area contributed by atoms with E-state index in [9.17, 15) is 14.4 Å². The van der Waals surface area contributed by atoms with Gasteiger partial charge in [0.05, 0.1) is 16.8 Å². The van der Waals surface area contributed by atoms with Gasteiger partial charge in [0.15, 0.2) is 0 Å². The SMILES string of the molecule is C[C@H]1[NH2+][C@]2(C(=O)Nc3c(Cl)cccc32)[C@@H]2C(=O)N(CCc3ccccc3)C(=O)[C@@H]21. The number of anilines is 1. The predicted octanol–water partition coefficient (Wildman–Crippen LogP) is 1.30. The maximum atomic E-state index is 13.4. The van der Waals surface area contributed by atoms with Crippen molar-refractivity contribution in [2.75, 3.05) is 11.9 Å². The number of carbonyl (C=O) groups is 3. The van der Waals surface area contributed by atoms with E-state index in [0.29, 0.717) is 29.2 Å². The number of likely N-dealkylation sites (tertiary alicyclic amines) is 1. The first-order valence-corrected chi connectivity index (χ1v) is 10.2. The third-order valence-electron chi connectivity index (χ3n) is 6.57. The normalized spacial score (nSPS) is 30.1. The molecule has 2 saturated heterocycles. The fourth-order valence-electron chi connectivity index (χ4n) is 5.30. The minimum Gasteiger partial charge on any atom is -0.326 e. The van der Waals surface area contributed by atoms with Crippen LogP contribution in [0.25, 0.3) is 0 Å². The van der Waals surface area contributed by atoms with Gasteiger partial charge in [-0.15, -0.1) is 0 Å². The van der Waals surface area contributed by atoms with Crippen LogP contribution in [0.1, 0.15) is 18.1 Å². The summed E-state index contributed by atoms with van der Waals surface area (Å²) in [6.07, 6.45) is 0.595. The van der Waals surface area contributed by atoms with Crippen LogP contribution in [0.5, 0.6) is 0 Å². The van der Waals surface area contributed by atoms with Crippen molar-refractivity contribution in [2.24, 2.45) is 11.8 Å². The maximum Gasteiger partial charge on any atom is 0.291 e. The van der Waals surface area contributed by atoms with Crippen molar-refractivity contribution in [3.05, 3.63) is 64.7 Å². The number of halogens is 1. The lowest BCUT2D eigenvalue weighted by Crippen LogP contribution is -2.98. The molecule has 3 aliphatic heterocycles. The van der Waals surface area contributed by atoms with Gasteiger partial charge in [0.25, 0.3) is 5.91 Å². The van der Waals surface area contributed by atoms with Gasteiger partial charge in [-0.05, 0) is 31.0 Å². The van der Waals surface area contributed by atoms with E-state index in [-0.39, 0.29) is 23.8 Å². The monoisotopic (exact) mass is 410 g/mol. The molecule has 3 amide bonds. The number of nitrogens with zero attached hydrogens (tertiary/aromatic N) is 1. The molecule has 3 N–H and O–H groups in total. The van der Waals surface area contributed by atoms with E-state index in [2.05, 4.69) is 5.32 Å². The third kappa shape index (κ3) is 2.42. The van der Waals surface area contributed by atoms with E-state index in [1.165, 1.54) is 4.90 Å². The average molecular weight is 411 g/mol. The van der Waals surface area contributed by atoms with E-state index in [1.54, 1.807) is 12.1 Å². The lowest BCUT2D eigenvalue weighted by Gasteiger charge is -2.25. The van der Waals surface area contributed by atoms with Gasteiger partial charge in [-0.1, -0.05) is 48.0 Å². The van der Waals surface area contributed by atoms with Crippen molar-refractivity contribution in [1.29, 1.82) is 0 Å². The van der Waals surface area contributed by atoms with E-state index in [1.807, 2.05) is 48.6 Å². The van der Waals surface area contributed by atoms with Gasteiger partial charge in [0.1, 0.15) is 11.8 Å². The van der Waals surface area contributed by atoms with E-state index < -0.39 is 17.4 Å². The van der Waals surface area contributed by atoms with Crippen LogP contribution >= 0.6 is 11.6 Å². The van der Waals surface area contributed by atoms with Gasteiger partial charge in [0, 0.05) is 12.1 Å². The summed E-state index contributed by atoms with van der Waals surface area (Å²) in [5.74, 6) is -1.96. The number of amides is 3. The van der Waals surface area contributed by atoms with Crippen LogP contribution < -0.4 is 10.6 Å². The van der Waals surface area contributed by atoms with Crippen molar-refractivity contribution < 1.29 is 19.7 Å². The molecule has 3 heterocycles. The van der Waals surface area contributed by atoms with Crippen LogP contribution in [-0.2, 0) is 26.3 Å². The number of imide groups is 1. The maximum absolute atomic E-state index is 13.4. The minimum atomic E-state index is -1.14. The number of para-hydroxylation sites is 1. The van der Waals surface area contributed by atoms with Crippen LogP contribution in [0.3, 0.4) is 0 Å². The van der Waals surface area contributed by atoms with Crippen LogP contribution in [0.2, 0.25) is 5.02 Å². The van der Waals surface area contributed by atoms with Crippen molar-refractivity contribution in [3.63, 3.8) is 0 Å². The van der Waals surface area contributed by atoms with Gasteiger partial charge < -0.3 is 10.6 Å². The molecule has 29 heavy (non-hydrogen) atoms. The Morgan fingerprint density at radius 1 is 1.07 bits per heavy atom. The lowest BCUT2D eigenvalue weighted by molar-refractivity contribution is -0.730.